The number of carboxylic acids is 1. The molecule has 1 aromatic rings. The summed E-state index contributed by atoms with van der Waals surface area (Å²) >= 11 is 1.10. The van der Waals surface area contributed by atoms with Gasteiger partial charge in [0.25, 0.3) is 10.0 Å². The third-order valence-electron chi connectivity index (χ3n) is 4.40. The van der Waals surface area contributed by atoms with Gasteiger partial charge in [-0.2, -0.15) is 4.31 Å². The maximum atomic E-state index is 13.0. The number of sulfonamides is 1. The molecule has 7 nitrogen and oxygen atoms in total. The van der Waals surface area contributed by atoms with Gasteiger partial charge in [0.05, 0.1) is 5.56 Å². The Balaban J connectivity index is 1.92. The van der Waals surface area contributed by atoms with Crippen LogP contribution >= 0.6 is 11.3 Å². The van der Waals surface area contributed by atoms with Crippen LogP contribution < -0.4 is 5.32 Å². The summed E-state index contributed by atoms with van der Waals surface area (Å²) in [4.78, 5) is 14.7. The molecule has 0 amide bonds. The van der Waals surface area contributed by atoms with Gasteiger partial charge < -0.3 is 10.4 Å². The standard InChI is InChI=1S/C15H21N3O4S2/c1-2-5-17-6-8-18(9-7-17)24(21,22)15-13(14(19)20)11-3-4-16-10-12(11)23-15/h2,16H,1,3-10H2,(H,19,20). The van der Waals surface area contributed by atoms with Crippen molar-refractivity contribution in [2.24, 2.45) is 0 Å². The van der Waals surface area contributed by atoms with Crippen molar-refractivity contribution in [2.75, 3.05) is 39.3 Å². The zero-order valence-corrected chi connectivity index (χ0v) is 15.0. The number of carbonyl (C=O) groups is 1. The topological polar surface area (TPSA) is 90.0 Å². The van der Waals surface area contributed by atoms with Crippen LogP contribution in [0, 0.1) is 0 Å². The number of hydrogen-bond acceptors (Lipinski definition) is 6. The lowest BCUT2D eigenvalue weighted by molar-refractivity contribution is 0.0692. The Morgan fingerprint density at radius 1 is 1.33 bits per heavy atom. The molecule has 0 unspecified atom stereocenters. The van der Waals surface area contributed by atoms with Crippen molar-refractivity contribution < 1.29 is 18.3 Å². The number of fused-ring (bicyclic) bond motifs is 1. The van der Waals surface area contributed by atoms with Gasteiger partial charge in [-0.1, -0.05) is 6.08 Å². The zero-order valence-electron chi connectivity index (χ0n) is 13.3. The van der Waals surface area contributed by atoms with Gasteiger partial charge in [-0.25, -0.2) is 13.2 Å². The Bertz CT molecular complexity index is 749. The zero-order chi connectivity index (χ0) is 17.3. The largest absolute Gasteiger partial charge is 0.478 e. The first-order valence-corrected chi connectivity index (χ1v) is 10.1. The van der Waals surface area contributed by atoms with Gasteiger partial charge in [0.15, 0.2) is 0 Å². The summed E-state index contributed by atoms with van der Waals surface area (Å²) in [6.07, 6.45) is 2.35. The smallest absolute Gasteiger partial charge is 0.338 e. The van der Waals surface area contributed by atoms with Gasteiger partial charge in [0.2, 0.25) is 0 Å². The summed E-state index contributed by atoms with van der Waals surface area (Å²) in [6, 6.07) is 0. The molecule has 3 heterocycles. The summed E-state index contributed by atoms with van der Waals surface area (Å²) in [5, 5.41) is 12.7. The molecule has 132 valence electrons. The summed E-state index contributed by atoms with van der Waals surface area (Å²) in [5.41, 5.74) is 0.653. The molecule has 9 heteroatoms. The van der Waals surface area contributed by atoms with E-state index in [0.29, 0.717) is 51.3 Å². The Labute approximate surface area is 145 Å². The Kier molecular flexibility index (Phi) is 5.07. The van der Waals surface area contributed by atoms with Gasteiger partial charge in [-0.3, -0.25) is 4.90 Å². The summed E-state index contributed by atoms with van der Waals surface area (Å²) in [6.45, 7) is 7.62. The van der Waals surface area contributed by atoms with Crippen LogP contribution in [0.4, 0.5) is 0 Å². The number of nitrogens with one attached hydrogen (secondary N) is 1. The molecule has 0 aliphatic carbocycles. The number of nitrogens with zero attached hydrogens (tertiary/aromatic N) is 2. The first kappa shape index (κ1) is 17.6. The van der Waals surface area contributed by atoms with Crippen molar-refractivity contribution in [2.45, 2.75) is 17.2 Å². The quantitative estimate of drug-likeness (QED) is 0.736. The molecule has 0 radical (unpaired) electrons. The number of aromatic carboxylic acids is 1. The van der Waals surface area contributed by atoms with Crippen LogP contribution in [-0.2, 0) is 23.0 Å². The predicted molar refractivity (Wildman–Crippen MR) is 92.1 cm³/mol. The van der Waals surface area contributed by atoms with E-state index in [4.69, 9.17) is 0 Å². The second-order valence-electron chi connectivity index (χ2n) is 5.89. The monoisotopic (exact) mass is 371 g/mol. The van der Waals surface area contributed by atoms with Crippen LogP contribution in [0.25, 0.3) is 0 Å². The van der Waals surface area contributed by atoms with E-state index in [2.05, 4.69) is 16.8 Å². The van der Waals surface area contributed by atoms with Crippen LogP contribution in [-0.4, -0.2) is 68.0 Å². The lowest BCUT2D eigenvalue weighted by atomic mass is 10.1. The average Bonchev–Trinajstić information content (AvgIpc) is 2.96. The fourth-order valence-electron chi connectivity index (χ4n) is 3.16. The Morgan fingerprint density at radius 2 is 2.04 bits per heavy atom. The molecule has 3 rings (SSSR count). The number of piperazine rings is 1. The minimum absolute atomic E-state index is 0.0131. The molecule has 0 bridgehead atoms. The number of rotatable bonds is 5. The molecule has 0 saturated carbocycles. The second-order valence-corrected chi connectivity index (χ2v) is 9.13. The van der Waals surface area contributed by atoms with Crippen LogP contribution in [0.2, 0.25) is 0 Å². The van der Waals surface area contributed by atoms with E-state index < -0.39 is 16.0 Å². The van der Waals surface area contributed by atoms with Gasteiger partial charge in [-0.15, -0.1) is 17.9 Å². The second kappa shape index (κ2) is 6.93. The van der Waals surface area contributed by atoms with E-state index in [1.54, 1.807) is 6.08 Å². The molecule has 1 fully saturated rings. The normalized spacial score (nSPS) is 19.8. The first-order chi connectivity index (χ1) is 11.4. The van der Waals surface area contributed by atoms with E-state index in [1.807, 2.05) is 0 Å². The highest BCUT2D eigenvalue weighted by Gasteiger charge is 2.36. The van der Waals surface area contributed by atoms with Crippen molar-refractivity contribution in [3.8, 4) is 0 Å². The van der Waals surface area contributed by atoms with E-state index in [9.17, 15) is 18.3 Å². The fourth-order valence-corrected chi connectivity index (χ4v) is 6.58. The van der Waals surface area contributed by atoms with Crippen LogP contribution in [0.15, 0.2) is 16.9 Å². The molecule has 2 N–H and O–H groups in total. The predicted octanol–water partition coefficient (Wildman–Crippen LogP) is 0.584. The van der Waals surface area contributed by atoms with Gasteiger partial charge >= 0.3 is 5.97 Å². The molecule has 0 spiro atoms. The summed E-state index contributed by atoms with van der Waals surface area (Å²) < 4.78 is 27.4. The lowest BCUT2D eigenvalue weighted by Crippen LogP contribution is -2.48. The highest BCUT2D eigenvalue weighted by Crippen LogP contribution is 2.36. The highest BCUT2D eigenvalue weighted by atomic mass is 32.2. The molecule has 2 aliphatic rings. The van der Waals surface area contributed by atoms with E-state index in [1.165, 1.54) is 4.31 Å². The first-order valence-electron chi connectivity index (χ1n) is 7.87. The van der Waals surface area contributed by atoms with Crippen molar-refractivity contribution >= 4 is 27.3 Å². The van der Waals surface area contributed by atoms with Crippen molar-refractivity contribution in [1.29, 1.82) is 0 Å². The van der Waals surface area contributed by atoms with Crippen molar-refractivity contribution in [1.82, 2.24) is 14.5 Å². The van der Waals surface area contributed by atoms with E-state index in [0.717, 1.165) is 22.8 Å². The average molecular weight is 371 g/mol. The maximum absolute atomic E-state index is 13.0. The third kappa shape index (κ3) is 3.14. The van der Waals surface area contributed by atoms with Crippen LogP contribution in [0.3, 0.4) is 0 Å². The lowest BCUT2D eigenvalue weighted by Gasteiger charge is -2.33. The number of hydrogen-bond donors (Lipinski definition) is 2. The fraction of sp³-hybridized carbons (Fsp3) is 0.533. The van der Waals surface area contributed by atoms with Gasteiger partial charge in [0, 0.05) is 44.1 Å². The van der Waals surface area contributed by atoms with E-state index in [-0.39, 0.29) is 9.77 Å². The Hall–Kier alpha value is -1.26. The van der Waals surface area contributed by atoms with E-state index >= 15 is 0 Å². The summed E-state index contributed by atoms with van der Waals surface area (Å²) in [7, 11) is -3.78. The molecule has 0 atom stereocenters. The van der Waals surface area contributed by atoms with Gasteiger partial charge in [0.1, 0.15) is 4.21 Å². The SMILES string of the molecule is C=CCN1CCN(S(=O)(=O)c2sc3c(c2C(=O)O)CCNC3)CC1. The minimum atomic E-state index is -3.78. The number of carboxylic acid groups (broad SMARTS) is 1. The van der Waals surface area contributed by atoms with Crippen LogP contribution in [0.1, 0.15) is 20.8 Å². The molecule has 1 aromatic heterocycles. The molecule has 2 aliphatic heterocycles. The van der Waals surface area contributed by atoms with Crippen molar-refractivity contribution in [3.05, 3.63) is 28.7 Å². The Morgan fingerprint density at radius 3 is 2.67 bits per heavy atom. The molecular weight excluding hydrogens is 350 g/mol. The van der Waals surface area contributed by atoms with Gasteiger partial charge in [-0.05, 0) is 18.5 Å². The third-order valence-corrected chi connectivity index (χ3v) is 8.03. The molecule has 0 aromatic carbocycles. The molecule has 24 heavy (non-hydrogen) atoms. The molecular formula is C15H21N3O4S2. The van der Waals surface area contributed by atoms with Crippen molar-refractivity contribution in [3.63, 3.8) is 0 Å². The highest BCUT2D eigenvalue weighted by molar-refractivity contribution is 7.91. The maximum Gasteiger partial charge on any atom is 0.338 e. The summed E-state index contributed by atoms with van der Waals surface area (Å²) in [5.74, 6) is -1.15. The van der Waals surface area contributed by atoms with Crippen LogP contribution in [0.5, 0.6) is 0 Å². The minimum Gasteiger partial charge on any atom is -0.478 e. The molecule has 1 saturated heterocycles. The number of thiophene rings is 1.